The molecule has 2 heterocycles. The maximum atomic E-state index is 14.1. The van der Waals surface area contributed by atoms with E-state index in [0.29, 0.717) is 22.6 Å². The van der Waals surface area contributed by atoms with Crippen molar-refractivity contribution in [2.24, 2.45) is 15.8 Å². The normalized spacial score (nSPS) is 19.9. The number of rotatable bonds is 2. The third kappa shape index (κ3) is 3.08. The number of nitrogens with two attached hydrogens (primary N) is 1. The number of carbonyl (C=O) groups excluding carboxylic acids is 2. The van der Waals surface area contributed by atoms with Gasteiger partial charge in [-0.1, -0.05) is 60.7 Å². The molecule has 3 aromatic carbocycles. The van der Waals surface area contributed by atoms with E-state index in [2.05, 4.69) is 10.5 Å². The number of amidine groups is 1. The maximum absolute atomic E-state index is 14.1. The van der Waals surface area contributed by atoms with Crippen LogP contribution in [0, 0.1) is 0 Å². The number of nitrogens with one attached hydrogen (secondary N) is 1. The summed E-state index contributed by atoms with van der Waals surface area (Å²) in [7, 11) is 0. The Kier molecular flexibility index (Phi) is 4.56. The Balaban J connectivity index is 1.75. The van der Waals surface area contributed by atoms with Crippen LogP contribution in [0.4, 0.5) is 11.4 Å². The van der Waals surface area contributed by atoms with Crippen LogP contribution < -0.4 is 16.1 Å². The number of hydrogen-bond acceptors (Lipinski definition) is 7. The van der Waals surface area contributed by atoms with Crippen molar-refractivity contribution in [2.45, 2.75) is 4.87 Å². The summed E-state index contributed by atoms with van der Waals surface area (Å²) >= 11 is 1.04. The number of aliphatic imine (C=N–C) groups is 1. The van der Waals surface area contributed by atoms with Gasteiger partial charge in [-0.05, 0) is 41.6 Å². The van der Waals surface area contributed by atoms with E-state index in [1.165, 1.54) is 0 Å². The fraction of sp³-hybridized carbons (Fsp3) is 0.0435. The number of carbonyl (C=O) groups is 2. The second-order valence-electron chi connectivity index (χ2n) is 6.97. The minimum Gasteiger partial charge on any atom is -0.377 e. The molecule has 1 spiro atoms. The quantitative estimate of drug-likeness (QED) is 0.612. The molecular formula is C23H17N5O2S. The Labute approximate surface area is 182 Å². The van der Waals surface area contributed by atoms with Gasteiger partial charge < -0.3 is 5.73 Å². The van der Waals surface area contributed by atoms with Crippen molar-refractivity contribution in [1.82, 2.24) is 5.43 Å². The number of benzene rings is 3. The maximum Gasteiger partial charge on any atom is 0.278 e. The number of imide groups is 1. The van der Waals surface area contributed by atoms with E-state index < -0.39 is 16.7 Å². The van der Waals surface area contributed by atoms with Crippen LogP contribution in [0.5, 0.6) is 0 Å². The minimum atomic E-state index is -1.48. The van der Waals surface area contributed by atoms with Crippen molar-refractivity contribution in [3.05, 3.63) is 96.1 Å². The molecule has 0 fully saturated rings. The zero-order valence-electron chi connectivity index (χ0n) is 16.2. The molecule has 1 unspecified atom stereocenters. The Bertz CT molecular complexity index is 1240. The molecule has 0 saturated carbocycles. The first kappa shape index (κ1) is 19.1. The lowest BCUT2D eigenvalue weighted by Gasteiger charge is -2.31. The molecule has 0 saturated heterocycles. The second kappa shape index (κ2) is 7.41. The highest BCUT2D eigenvalue weighted by Crippen LogP contribution is 2.42. The van der Waals surface area contributed by atoms with Crippen LogP contribution in [-0.4, -0.2) is 27.6 Å². The molecule has 2 aliphatic heterocycles. The van der Waals surface area contributed by atoms with E-state index >= 15 is 0 Å². The van der Waals surface area contributed by atoms with Crippen LogP contribution in [0.1, 0.15) is 15.9 Å². The van der Waals surface area contributed by atoms with Crippen LogP contribution in [0.15, 0.2) is 95.0 Å². The Hall–Kier alpha value is -3.91. The van der Waals surface area contributed by atoms with Gasteiger partial charge in [-0.2, -0.15) is 5.10 Å². The monoisotopic (exact) mass is 427 g/mol. The van der Waals surface area contributed by atoms with Gasteiger partial charge >= 0.3 is 0 Å². The molecule has 3 aromatic rings. The molecule has 2 amide bonds. The first-order chi connectivity index (χ1) is 15.1. The van der Waals surface area contributed by atoms with Crippen molar-refractivity contribution < 1.29 is 9.59 Å². The summed E-state index contributed by atoms with van der Waals surface area (Å²) in [6.07, 6.45) is 0. The topological polar surface area (TPSA) is 100 Å². The first-order valence-corrected chi connectivity index (χ1v) is 10.4. The number of anilines is 1. The van der Waals surface area contributed by atoms with E-state index in [1.807, 2.05) is 42.5 Å². The number of nitrogens with zero attached hydrogens (tertiary/aromatic N) is 3. The summed E-state index contributed by atoms with van der Waals surface area (Å²) in [4.78, 5) is 32.2. The molecule has 1 atom stereocenters. The summed E-state index contributed by atoms with van der Waals surface area (Å²) < 4.78 is 0. The third-order valence-corrected chi connectivity index (χ3v) is 6.11. The van der Waals surface area contributed by atoms with Gasteiger partial charge in [0.2, 0.25) is 4.87 Å². The molecule has 2 aliphatic rings. The zero-order valence-corrected chi connectivity index (χ0v) is 17.0. The second-order valence-corrected chi connectivity index (χ2v) is 8.21. The number of fused-ring (bicyclic) bond motifs is 1. The van der Waals surface area contributed by atoms with Crippen LogP contribution in [0.3, 0.4) is 0 Å². The Morgan fingerprint density at radius 2 is 1.58 bits per heavy atom. The smallest absolute Gasteiger partial charge is 0.278 e. The highest BCUT2D eigenvalue weighted by atomic mass is 32.2. The molecule has 7 nitrogen and oxygen atoms in total. The van der Waals surface area contributed by atoms with Crippen molar-refractivity contribution in [2.75, 3.05) is 4.90 Å². The highest BCUT2D eigenvalue weighted by Gasteiger charge is 2.54. The van der Waals surface area contributed by atoms with Gasteiger partial charge in [0.15, 0.2) is 5.17 Å². The lowest BCUT2D eigenvalue weighted by atomic mass is 10.0. The summed E-state index contributed by atoms with van der Waals surface area (Å²) in [5.41, 5.74) is 11.3. The molecule has 0 aliphatic carbocycles. The van der Waals surface area contributed by atoms with E-state index in [-0.39, 0.29) is 5.17 Å². The van der Waals surface area contributed by atoms with Gasteiger partial charge in [0.25, 0.3) is 11.8 Å². The van der Waals surface area contributed by atoms with Crippen LogP contribution in [0.25, 0.3) is 0 Å². The number of amides is 2. The van der Waals surface area contributed by atoms with Gasteiger partial charge in [-0.3, -0.25) is 15.0 Å². The van der Waals surface area contributed by atoms with Crippen LogP contribution >= 0.6 is 11.8 Å². The van der Waals surface area contributed by atoms with Crippen molar-refractivity contribution >= 4 is 45.8 Å². The molecule has 0 aromatic heterocycles. The van der Waals surface area contributed by atoms with E-state index in [0.717, 1.165) is 22.2 Å². The minimum absolute atomic E-state index is 0.190. The average Bonchev–Trinajstić information content (AvgIpc) is 3.17. The lowest BCUT2D eigenvalue weighted by molar-refractivity contribution is -0.119. The standard InChI is InChI=1S/C23H17N5O2S/c24-22-26-27-23(31-22)19(15-9-3-1-4-10-15)25-17-13-7-8-14-18(17)28(21(23)30)20(29)16-11-5-2-6-12-16/h1-14,27H,(H2,24,26). The third-order valence-electron chi connectivity index (χ3n) is 5.04. The number of thioether (sulfide) groups is 1. The van der Waals surface area contributed by atoms with Crippen molar-refractivity contribution in [1.29, 1.82) is 0 Å². The van der Waals surface area contributed by atoms with Crippen molar-refractivity contribution in [3.63, 3.8) is 0 Å². The highest BCUT2D eigenvalue weighted by molar-refractivity contribution is 8.16. The Morgan fingerprint density at radius 1 is 0.935 bits per heavy atom. The average molecular weight is 427 g/mol. The molecular weight excluding hydrogens is 410 g/mol. The van der Waals surface area contributed by atoms with Gasteiger partial charge in [0.1, 0.15) is 0 Å². The molecule has 5 rings (SSSR count). The van der Waals surface area contributed by atoms with Gasteiger partial charge in [-0.15, -0.1) is 0 Å². The number of hydrazone groups is 1. The van der Waals surface area contributed by atoms with Gasteiger partial charge in [-0.25, -0.2) is 9.89 Å². The predicted octanol–water partition coefficient (Wildman–Crippen LogP) is 3.26. The predicted molar refractivity (Wildman–Crippen MR) is 122 cm³/mol. The van der Waals surface area contributed by atoms with E-state index in [9.17, 15) is 9.59 Å². The Morgan fingerprint density at radius 3 is 2.26 bits per heavy atom. The SMILES string of the molecule is NC1=NNC2(S1)C(=O)N(C(=O)c1ccccc1)c1ccccc1N=C2c1ccccc1. The van der Waals surface area contributed by atoms with E-state index in [1.54, 1.807) is 42.5 Å². The molecule has 8 heteroatoms. The van der Waals surface area contributed by atoms with Crippen LogP contribution in [0.2, 0.25) is 0 Å². The van der Waals surface area contributed by atoms with E-state index in [4.69, 9.17) is 10.7 Å². The van der Waals surface area contributed by atoms with Crippen LogP contribution in [-0.2, 0) is 4.79 Å². The van der Waals surface area contributed by atoms with Gasteiger partial charge in [0.05, 0.1) is 17.1 Å². The lowest BCUT2D eigenvalue weighted by Crippen LogP contribution is -2.59. The molecule has 3 N–H and O–H groups in total. The molecule has 152 valence electrons. The fourth-order valence-electron chi connectivity index (χ4n) is 3.62. The molecule has 31 heavy (non-hydrogen) atoms. The number of hydrogen-bond donors (Lipinski definition) is 2. The van der Waals surface area contributed by atoms with Crippen molar-refractivity contribution in [3.8, 4) is 0 Å². The fourth-order valence-corrected chi connectivity index (χ4v) is 4.55. The summed E-state index contributed by atoms with van der Waals surface area (Å²) in [5.74, 6) is -0.960. The molecule has 0 bridgehead atoms. The number of para-hydroxylation sites is 2. The largest absolute Gasteiger partial charge is 0.377 e. The zero-order chi connectivity index (χ0) is 21.4. The summed E-state index contributed by atoms with van der Waals surface area (Å²) in [5, 5.41) is 4.27. The van der Waals surface area contributed by atoms with Gasteiger partial charge in [0, 0.05) is 5.56 Å². The first-order valence-electron chi connectivity index (χ1n) is 9.57. The molecule has 0 radical (unpaired) electrons. The summed E-state index contributed by atoms with van der Waals surface area (Å²) in [6, 6.07) is 25.1. The summed E-state index contributed by atoms with van der Waals surface area (Å²) in [6.45, 7) is 0.